The first-order valence-electron chi connectivity index (χ1n) is 11.6. The van der Waals surface area contributed by atoms with Gasteiger partial charge in [-0.05, 0) is 37.8 Å². The molecule has 2 aromatic heterocycles. The zero-order valence-electron chi connectivity index (χ0n) is 19.0. The van der Waals surface area contributed by atoms with Crippen LogP contribution in [-0.2, 0) is 4.79 Å². The normalized spacial score (nSPS) is 15.1. The standard InChI is InChI=1S/C23H28ClF2N7O/c1-2-5-15(8-9-19(27)34)33-21-18(12-28-22(32-21)29-14-6-3-4-7-14)30-23(33)31-20-16(25)10-13(24)11-17(20)26/h10-12,14-15H,2-9H2,1H3,(H2,27,34)(H,30,31)(H,28,29,32)/t15-/m0/s1. The minimum Gasteiger partial charge on any atom is -0.370 e. The fourth-order valence-electron chi connectivity index (χ4n) is 4.47. The summed E-state index contributed by atoms with van der Waals surface area (Å²) in [6.45, 7) is 2.02. The highest BCUT2D eigenvalue weighted by Gasteiger charge is 2.24. The number of hydrogen-bond donors (Lipinski definition) is 3. The quantitative estimate of drug-likeness (QED) is 0.347. The summed E-state index contributed by atoms with van der Waals surface area (Å²) in [6.07, 6.45) is 8.12. The molecule has 0 aliphatic heterocycles. The Balaban J connectivity index is 1.79. The molecule has 4 rings (SSSR count). The number of rotatable bonds is 10. The summed E-state index contributed by atoms with van der Waals surface area (Å²) in [4.78, 5) is 25.1. The highest BCUT2D eigenvalue weighted by atomic mass is 35.5. The molecule has 182 valence electrons. The van der Waals surface area contributed by atoms with Crippen LogP contribution in [-0.4, -0.2) is 31.5 Å². The summed E-state index contributed by atoms with van der Waals surface area (Å²) in [7, 11) is 0. The van der Waals surface area contributed by atoms with Crippen LogP contribution in [0.15, 0.2) is 18.3 Å². The lowest BCUT2D eigenvalue weighted by molar-refractivity contribution is -0.118. The number of primary amides is 1. The molecule has 0 unspecified atom stereocenters. The van der Waals surface area contributed by atoms with Crippen LogP contribution in [0.5, 0.6) is 0 Å². The summed E-state index contributed by atoms with van der Waals surface area (Å²) in [6, 6.07) is 2.14. The summed E-state index contributed by atoms with van der Waals surface area (Å²) in [5.74, 6) is -1.44. The van der Waals surface area contributed by atoms with Gasteiger partial charge in [0.1, 0.15) is 11.2 Å². The third-order valence-electron chi connectivity index (χ3n) is 6.08. The third-order valence-corrected chi connectivity index (χ3v) is 6.29. The number of aromatic nitrogens is 4. The minimum atomic E-state index is -0.845. The first kappa shape index (κ1) is 24.1. The van der Waals surface area contributed by atoms with Gasteiger partial charge in [0.15, 0.2) is 17.3 Å². The van der Waals surface area contributed by atoms with E-state index in [0.717, 1.165) is 44.2 Å². The van der Waals surface area contributed by atoms with Gasteiger partial charge >= 0.3 is 0 Å². The lowest BCUT2D eigenvalue weighted by Gasteiger charge is -2.21. The first-order chi connectivity index (χ1) is 16.4. The van der Waals surface area contributed by atoms with Gasteiger partial charge in [0.25, 0.3) is 0 Å². The van der Waals surface area contributed by atoms with E-state index in [1.807, 2.05) is 6.92 Å². The van der Waals surface area contributed by atoms with Crippen molar-refractivity contribution < 1.29 is 13.6 Å². The maximum atomic E-state index is 14.6. The van der Waals surface area contributed by atoms with E-state index >= 15 is 0 Å². The Morgan fingerprint density at radius 2 is 1.94 bits per heavy atom. The van der Waals surface area contributed by atoms with Crippen molar-refractivity contribution in [2.45, 2.75) is 70.4 Å². The number of hydrogen-bond acceptors (Lipinski definition) is 6. The van der Waals surface area contributed by atoms with Gasteiger partial charge in [0.05, 0.1) is 6.20 Å². The van der Waals surface area contributed by atoms with E-state index in [1.54, 1.807) is 10.8 Å². The van der Waals surface area contributed by atoms with Gasteiger partial charge in [-0.1, -0.05) is 37.8 Å². The Hall–Kier alpha value is -3.01. The van der Waals surface area contributed by atoms with Gasteiger partial charge in [-0.2, -0.15) is 4.98 Å². The fourth-order valence-corrected chi connectivity index (χ4v) is 4.66. The second-order valence-electron chi connectivity index (χ2n) is 8.65. The van der Waals surface area contributed by atoms with Crippen molar-refractivity contribution in [3.63, 3.8) is 0 Å². The number of amides is 1. The number of nitrogens with one attached hydrogen (secondary N) is 2. The van der Waals surface area contributed by atoms with Crippen LogP contribution in [0.3, 0.4) is 0 Å². The van der Waals surface area contributed by atoms with Gasteiger partial charge < -0.3 is 16.4 Å². The molecular weight excluding hydrogens is 464 g/mol. The van der Waals surface area contributed by atoms with Crippen molar-refractivity contribution in [3.8, 4) is 0 Å². The number of halogens is 3. The Morgan fingerprint density at radius 1 is 1.24 bits per heavy atom. The van der Waals surface area contributed by atoms with Crippen molar-refractivity contribution >= 4 is 46.3 Å². The summed E-state index contributed by atoms with van der Waals surface area (Å²) < 4.78 is 30.9. The molecule has 0 spiro atoms. The summed E-state index contributed by atoms with van der Waals surface area (Å²) in [5, 5.41) is 6.11. The van der Waals surface area contributed by atoms with Crippen LogP contribution in [0.25, 0.3) is 11.2 Å². The summed E-state index contributed by atoms with van der Waals surface area (Å²) >= 11 is 5.77. The Labute approximate surface area is 201 Å². The van der Waals surface area contributed by atoms with Gasteiger partial charge in [0.2, 0.25) is 17.8 Å². The van der Waals surface area contributed by atoms with E-state index in [-0.39, 0.29) is 29.1 Å². The Kier molecular flexibility index (Phi) is 7.45. The van der Waals surface area contributed by atoms with E-state index in [0.29, 0.717) is 36.0 Å². The highest BCUT2D eigenvalue weighted by Crippen LogP contribution is 2.33. The highest BCUT2D eigenvalue weighted by molar-refractivity contribution is 6.30. The van der Waals surface area contributed by atoms with Gasteiger partial charge in [-0.15, -0.1) is 0 Å². The fraction of sp³-hybridized carbons (Fsp3) is 0.478. The zero-order chi connectivity index (χ0) is 24.2. The van der Waals surface area contributed by atoms with Gasteiger partial charge in [-0.3, -0.25) is 9.36 Å². The summed E-state index contributed by atoms with van der Waals surface area (Å²) in [5.41, 5.74) is 6.01. The Bertz CT molecular complexity index is 1160. The van der Waals surface area contributed by atoms with Crippen molar-refractivity contribution in [1.82, 2.24) is 19.5 Å². The van der Waals surface area contributed by atoms with E-state index in [9.17, 15) is 13.6 Å². The molecule has 1 fully saturated rings. The predicted molar refractivity (Wildman–Crippen MR) is 128 cm³/mol. The minimum absolute atomic E-state index is 0.0483. The van der Waals surface area contributed by atoms with E-state index in [4.69, 9.17) is 22.3 Å². The molecule has 1 aliphatic rings. The first-order valence-corrected chi connectivity index (χ1v) is 11.9. The third kappa shape index (κ3) is 5.38. The van der Waals surface area contributed by atoms with Crippen LogP contribution in [0.1, 0.15) is 64.3 Å². The molecule has 0 bridgehead atoms. The monoisotopic (exact) mass is 491 g/mol. The van der Waals surface area contributed by atoms with E-state index in [2.05, 4.69) is 20.6 Å². The van der Waals surface area contributed by atoms with Crippen LogP contribution in [0, 0.1) is 11.6 Å². The Morgan fingerprint density at radius 3 is 2.59 bits per heavy atom. The average Bonchev–Trinajstić information content (AvgIpc) is 3.41. The molecule has 1 atom stereocenters. The van der Waals surface area contributed by atoms with Crippen LogP contribution in [0.4, 0.5) is 26.4 Å². The lowest BCUT2D eigenvalue weighted by atomic mass is 10.1. The molecule has 1 aromatic carbocycles. The zero-order valence-corrected chi connectivity index (χ0v) is 19.7. The molecule has 34 heavy (non-hydrogen) atoms. The number of imidazole rings is 1. The van der Waals surface area contributed by atoms with Gasteiger partial charge in [-0.25, -0.2) is 18.7 Å². The number of carbonyl (C=O) groups is 1. The maximum absolute atomic E-state index is 14.6. The van der Waals surface area contributed by atoms with Crippen LogP contribution in [0.2, 0.25) is 5.02 Å². The molecule has 3 aromatic rings. The number of nitrogens with two attached hydrogens (primary N) is 1. The SMILES string of the molecule is CCC[C@@H](CCC(N)=O)n1c(Nc2c(F)cc(Cl)cc2F)nc2cnc(NC3CCCC3)nc21. The molecule has 1 aliphatic carbocycles. The maximum Gasteiger partial charge on any atom is 0.224 e. The number of carbonyl (C=O) groups excluding carboxylic acids is 1. The van der Waals surface area contributed by atoms with Crippen molar-refractivity contribution in [2.24, 2.45) is 5.73 Å². The van der Waals surface area contributed by atoms with E-state index in [1.165, 1.54) is 0 Å². The van der Waals surface area contributed by atoms with Gasteiger partial charge in [0, 0.05) is 23.5 Å². The lowest BCUT2D eigenvalue weighted by Crippen LogP contribution is -2.19. The average molecular weight is 492 g/mol. The topological polar surface area (TPSA) is 111 Å². The largest absolute Gasteiger partial charge is 0.370 e. The second kappa shape index (κ2) is 10.5. The van der Waals surface area contributed by atoms with Crippen LogP contribution >= 0.6 is 11.6 Å². The molecule has 1 amide bonds. The smallest absolute Gasteiger partial charge is 0.224 e. The molecule has 1 saturated carbocycles. The van der Waals surface area contributed by atoms with E-state index < -0.39 is 17.5 Å². The van der Waals surface area contributed by atoms with Crippen LogP contribution < -0.4 is 16.4 Å². The number of nitrogens with zero attached hydrogens (tertiary/aromatic N) is 4. The molecule has 4 N–H and O–H groups in total. The van der Waals surface area contributed by atoms with Crippen molar-refractivity contribution in [3.05, 3.63) is 35.0 Å². The molecular formula is C23H28ClF2N7O. The molecule has 8 nitrogen and oxygen atoms in total. The molecule has 0 saturated heterocycles. The number of anilines is 3. The van der Waals surface area contributed by atoms with Crippen molar-refractivity contribution in [2.75, 3.05) is 10.6 Å². The molecule has 11 heteroatoms. The molecule has 2 heterocycles. The predicted octanol–water partition coefficient (Wildman–Crippen LogP) is 5.46. The number of fused-ring (bicyclic) bond motifs is 1. The number of benzene rings is 1. The van der Waals surface area contributed by atoms with Crippen molar-refractivity contribution in [1.29, 1.82) is 0 Å². The molecule has 0 radical (unpaired) electrons. The second-order valence-corrected chi connectivity index (χ2v) is 9.09.